The number of piperazine rings is 1. The van der Waals surface area contributed by atoms with Crippen LogP contribution < -0.4 is 25.0 Å². The third-order valence-corrected chi connectivity index (χ3v) is 14.6. The number of piperidine rings is 2. The molecule has 1 atom stereocenters. The van der Waals surface area contributed by atoms with E-state index in [1.807, 2.05) is 29.2 Å². The average molecular weight is 910 g/mol. The lowest BCUT2D eigenvalue weighted by Gasteiger charge is -2.43. The molecule has 1 unspecified atom stereocenters. The minimum absolute atomic E-state index is 0.0528. The van der Waals surface area contributed by atoms with Gasteiger partial charge in [0, 0.05) is 99.8 Å². The van der Waals surface area contributed by atoms with E-state index in [-0.39, 0.29) is 36.5 Å². The molecule has 0 radical (unpaired) electrons. The van der Waals surface area contributed by atoms with Crippen LogP contribution in [-0.4, -0.2) is 133 Å². The summed E-state index contributed by atoms with van der Waals surface area (Å²) in [5, 5.41) is 3.50. The van der Waals surface area contributed by atoms with Crippen molar-refractivity contribution >= 4 is 59.3 Å². The van der Waals surface area contributed by atoms with Gasteiger partial charge >= 0.3 is 0 Å². The van der Waals surface area contributed by atoms with E-state index in [1.165, 1.54) is 12.1 Å². The van der Waals surface area contributed by atoms with Gasteiger partial charge in [0.2, 0.25) is 17.7 Å². The van der Waals surface area contributed by atoms with Crippen molar-refractivity contribution in [1.82, 2.24) is 30.0 Å². The van der Waals surface area contributed by atoms with E-state index in [0.717, 1.165) is 71.8 Å². The van der Waals surface area contributed by atoms with Gasteiger partial charge in [0.25, 0.3) is 11.8 Å². The lowest BCUT2D eigenvalue weighted by Crippen LogP contribution is -2.54. The van der Waals surface area contributed by atoms with E-state index < -0.39 is 36.8 Å². The third-order valence-electron chi connectivity index (χ3n) is 12.6. The zero-order valence-electron chi connectivity index (χ0n) is 36.4. The zero-order valence-corrected chi connectivity index (χ0v) is 38.0. The molecule has 3 aromatic carbocycles. The number of nitrogens with one attached hydrogen (secondary N) is 1. The Kier molecular flexibility index (Phi) is 13.5. The van der Waals surface area contributed by atoms with Gasteiger partial charge in [-0.05, 0) is 68.8 Å². The number of methoxy groups -OCH3 is 1. The normalized spacial score (nSPS) is 18.6. The lowest BCUT2D eigenvalue weighted by molar-refractivity contribution is -0.136. The molecule has 0 spiro atoms. The number of nitrogens with zero attached hydrogens (tertiary/aromatic N) is 6. The van der Waals surface area contributed by atoms with Crippen molar-refractivity contribution in [3.05, 3.63) is 106 Å². The van der Waals surface area contributed by atoms with Crippen LogP contribution in [0, 0.1) is 0 Å². The fraction of sp³-hybridized carbons (Fsp3) is 0.426. The van der Waals surface area contributed by atoms with E-state index in [0.29, 0.717) is 67.1 Å². The Hall–Kier alpha value is -5.63. The topological polar surface area (TPSA) is 172 Å². The smallest absolute Gasteiger partial charge is 0.262 e. The fourth-order valence-corrected chi connectivity index (χ4v) is 10.7. The highest BCUT2D eigenvalue weighted by atomic mass is 35.5. The molecule has 3 fully saturated rings. The summed E-state index contributed by atoms with van der Waals surface area (Å²) in [5.74, 6) is -0.360. The number of carbonyl (C=O) groups is 5. The first-order valence-corrected chi connectivity index (χ1v) is 24.8. The van der Waals surface area contributed by atoms with Gasteiger partial charge in [-0.25, -0.2) is 9.97 Å². The van der Waals surface area contributed by atoms with Gasteiger partial charge < -0.3 is 23.8 Å². The molecule has 0 saturated carbocycles. The quantitative estimate of drug-likeness (QED) is 0.103. The van der Waals surface area contributed by atoms with Crippen LogP contribution in [0.3, 0.4) is 0 Å². The van der Waals surface area contributed by atoms with E-state index in [1.54, 1.807) is 32.7 Å². The Morgan fingerprint density at radius 1 is 0.875 bits per heavy atom. The average Bonchev–Trinajstić information content (AvgIpc) is 3.53. The molecule has 1 N–H and O–H groups in total. The van der Waals surface area contributed by atoms with Crippen LogP contribution in [0.2, 0.25) is 5.02 Å². The number of anilines is 1. The van der Waals surface area contributed by atoms with Crippen LogP contribution in [0.4, 0.5) is 5.69 Å². The summed E-state index contributed by atoms with van der Waals surface area (Å²) in [5.41, 5.74) is 4.06. The van der Waals surface area contributed by atoms with Gasteiger partial charge in [-0.2, -0.15) is 0 Å². The fourth-order valence-electron chi connectivity index (χ4n) is 9.20. The first kappa shape index (κ1) is 45.0. The maximum atomic E-state index is 13.1. The van der Waals surface area contributed by atoms with E-state index in [2.05, 4.69) is 38.3 Å². The molecule has 3 saturated heterocycles. The third kappa shape index (κ3) is 9.86. The molecule has 8 rings (SSSR count). The Bertz CT molecular complexity index is 2520. The van der Waals surface area contributed by atoms with Crippen molar-refractivity contribution in [3.63, 3.8) is 0 Å². The second kappa shape index (κ2) is 19.2. The number of halogens is 1. The van der Waals surface area contributed by atoms with Crippen LogP contribution in [0.1, 0.15) is 81.9 Å². The maximum absolute atomic E-state index is 13.1. The van der Waals surface area contributed by atoms with E-state index >= 15 is 0 Å². The molecular formula is C47H53ClN7O8P. The molecular weight excluding hydrogens is 857 g/mol. The Morgan fingerprint density at radius 3 is 2.36 bits per heavy atom. The molecule has 15 nitrogen and oxygen atoms in total. The largest absolute Gasteiger partial charge is 0.496 e. The van der Waals surface area contributed by atoms with E-state index in [9.17, 15) is 28.5 Å². The summed E-state index contributed by atoms with van der Waals surface area (Å²) in [6, 6.07) is 18.1. The van der Waals surface area contributed by atoms with Gasteiger partial charge in [-0.1, -0.05) is 41.9 Å². The SMILES string of the molecule is COc1cc(N2CCC(N3CCN(C(=O)CCCOc4ccc5c(c4)C(=O)N(C4CCC(=O)NC4=O)C5=O)CC3)CC2)ccc1Cc1ncc(Cl)c(Cc2ccccc2P(C)(C)=O)n1. The number of fused-ring (bicyclic) bond motifs is 1. The van der Waals surface area contributed by atoms with Gasteiger partial charge in [0.15, 0.2) is 0 Å². The maximum Gasteiger partial charge on any atom is 0.262 e. The number of ether oxygens (including phenoxy) is 2. The summed E-state index contributed by atoms with van der Waals surface area (Å²) in [4.78, 5) is 80.3. The molecule has 5 amide bonds. The Balaban J connectivity index is 0.771. The molecule has 64 heavy (non-hydrogen) atoms. The molecule has 0 bridgehead atoms. The first-order valence-electron chi connectivity index (χ1n) is 21.8. The minimum atomic E-state index is -2.49. The standard InChI is InChI=1S/C47H53ClN7O8P/c1-62-40-27-33(11-10-30(40)26-42-49-29-37(48)38(50-42)25-31-7-4-5-8-41(31)64(2,3)61)52-18-16-32(17-19-52)53-20-22-54(23-21-53)44(57)9-6-24-63-34-12-13-35-36(28-34)47(60)55(46(35)59)39-14-15-43(56)51-45(39)58/h4-5,7-8,10-13,27-29,32,39H,6,9,14-26H2,1-3H3,(H,51,56,58). The Morgan fingerprint density at radius 2 is 1.62 bits per heavy atom. The van der Waals surface area contributed by atoms with Crippen molar-refractivity contribution in [1.29, 1.82) is 0 Å². The predicted molar refractivity (Wildman–Crippen MR) is 242 cm³/mol. The van der Waals surface area contributed by atoms with Gasteiger partial charge in [-0.3, -0.25) is 39.1 Å². The number of carbonyl (C=O) groups excluding carboxylic acids is 5. The molecule has 4 aliphatic heterocycles. The van der Waals surface area contributed by atoms with Gasteiger partial charge in [-0.15, -0.1) is 0 Å². The highest BCUT2D eigenvalue weighted by Crippen LogP contribution is 2.37. The summed E-state index contributed by atoms with van der Waals surface area (Å²) in [6.07, 6.45) is 5.57. The number of imide groups is 2. The Labute approximate surface area is 377 Å². The molecule has 5 heterocycles. The minimum Gasteiger partial charge on any atom is -0.496 e. The van der Waals surface area contributed by atoms with Crippen molar-refractivity contribution in [2.24, 2.45) is 0 Å². The van der Waals surface area contributed by atoms with Gasteiger partial charge in [0.1, 0.15) is 30.5 Å². The number of aromatic nitrogens is 2. The number of benzene rings is 3. The number of hydrogen-bond donors (Lipinski definition) is 1. The number of rotatable bonds is 14. The summed E-state index contributed by atoms with van der Waals surface area (Å²) >= 11 is 6.56. The van der Waals surface area contributed by atoms with Crippen molar-refractivity contribution in [2.45, 2.75) is 63.5 Å². The molecule has 0 aliphatic carbocycles. The van der Waals surface area contributed by atoms with Crippen LogP contribution in [0.5, 0.6) is 11.5 Å². The number of amides is 5. The summed E-state index contributed by atoms with van der Waals surface area (Å²) in [7, 11) is -0.808. The van der Waals surface area contributed by atoms with Crippen molar-refractivity contribution in [3.8, 4) is 11.5 Å². The van der Waals surface area contributed by atoms with Gasteiger partial charge in [0.05, 0.1) is 35.6 Å². The van der Waals surface area contributed by atoms with Crippen LogP contribution >= 0.6 is 18.7 Å². The summed E-state index contributed by atoms with van der Waals surface area (Å²) < 4.78 is 24.7. The van der Waals surface area contributed by atoms with Crippen LogP contribution in [0.25, 0.3) is 0 Å². The highest BCUT2D eigenvalue weighted by Gasteiger charge is 2.44. The summed E-state index contributed by atoms with van der Waals surface area (Å²) in [6.45, 7) is 8.63. The van der Waals surface area contributed by atoms with Crippen molar-refractivity contribution < 1.29 is 38.0 Å². The lowest BCUT2D eigenvalue weighted by atomic mass is 10.0. The molecule has 1 aromatic heterocycles. The van der Waals surface area contributed by atoms with Crippen molar-refractivity contribution in [2.75, 3.05) is 71.2 Å². The molecule has 336 valence electrons. The monoisotopic (exact) mass is 909 g/mol. The molecule has 4 aromatic rings. The van der Waals surface area contributed by atoms with E-state index in [4.69, 9.17) is 26.1 Å². The highest BCUT2D eigenvalue weighted by molar-refractivity contribution is 7.70. The first-order chi connectivity index (χ1) is 30.8. The second-order valence-electron chi connectivity index (χ2n) is 17.2. The molecule has 17 heteroatoms. The second-order valence-corrected chi connectivity index (χ2v) is 20.7. The zero-order chi connectivity index (χ0) is 45.1. The van der Waals surface area contributed by atoms with Crippen LogP contribution in [-0.2, 0) is 31.8 Å². The van der Waals surface area contributed by atoms with Crippen LogP contribution in [0.15, 0.2) is 66.9 Å². The molecule has 4 aliphatic rings. The predicted octanol–water partition coefficient (Wildman–Crippen LogP) is 4.94. The number of hydrogen-bond acceptors (Lipinski definition) is 12.